The lowest BCUT2D eigenvalue weighted by Gasteiger charge is -2.55. The van der Waals surface area contributed by atoms with E-state index in [1.54, 1.807) is 6.20 Å². The van der Waals surface area contributed by atoms with Crippen LogP contribution in [0.15, 0.2) is 18.5 Å². The summed E-state index contributed by atoms with van der Waals surface area (Å²) in [5, 5.41) is 0. The molecule has 0 amide bonds. The van der Waals surface area contributed by atoms with Gasteiger partial charge in [-0.3, -0.25) is 4.98 Å². The molecule has 4 bridgehead atoms. The zero-order valence-electron chi connectivity index (χ0n) is 12.3. The first-order valence-corrected chi connectivity index (χ1v) is 8.10. The van der Waals surface area contributed by atoms with E-state index in [2.05, 4.69) is 16.9 Å². The van der Waals surface area contributed by atoms with Crippen LogP contribution in [-0.4, -0.2) is 18.6 Å². The fraction of sp³-hybridized carbons (Fsp3) is 0.706. The van der Waals surface area contributed by atoms with E-state index in [0.29, 0.717) is 0 Å². The molecule has 0 atom stereocenters. The van der Waals surface area contributed by atoms with Crippen LogP contribution in [0.25, 0.3) is 0 Å². The summed E-state index contributed by atoms with van der Waals surface area (Å²) < 4.78 is 0. The van der Waals surface area contributed by atoms with Crippen molar-refractivity contribution in [2.45, 2.75) is 32.1 Å². The fourth-order valence-electron chi connectivity index (χ4n) is 5.41. The van der Waals surface area contributed by atoms with E-state index >= 15 is 0 Å². The Morgan fingerprint density at radius 1 is 1.10 bits per heavy atom. The second-order valence-electron chi connectivity index (χ2n) is 7.45. The van der Waals surface area contributed by atoms with Gasteiger partial charge in [0.25, 0.3) is 0 Å². The van der Waals surface area contributed by atoms with Gasteiger partial charge in [0.1, 0.15) is 0 Å². The molecule has 0 saturated heterocycles. The van der Waals surface area contributed by atoms with Crippen LogP contribution in [0.2, 0.25) is 0 Å². The van der Waals surface area contributed by atoms with E-state index in [1.807, 2.05) is 12.3 Å². The molecule has 1 heterocycles. The molecular weight excluding hydrogens is 246 g/mol. The minimum absolute atomic E-state index is 0.763. The summed E-state index contributed by atoms with van der Waals surface area (Å²) in [6, 6.07) is 2.04. The summed E-state index contributed by atoms with van der Waals surface area (Å²) in [6.45, 7) is 1.18. The van der Waals surface area contributed by atoms with Crippen LogP contribution in [0.1, 0.15) is 32.1 Å². The molecule has 20 heavy (non-hydrogen) atoms. The summed E-state index contributed by atoms with van der Waals surface area (Å²) >= 11 is 0. The third-order valence-electron chi connectivity index (χ3n) is 6.09. The maximum Gasteiger partial charge on any atom is 0.0570 e. The second kappa shape index (κ2) is 4.64. The topological polar surface area (TPSA) is 42.2 Å². The van der Waals surface area contributed by atoms with Crippen LogP contribution in [0.4, 0.5) is 11.4 Å². The van der Waals surface area contributed by atoms with Crippen molar-refractivity contribution in [2.75, 3.05) is 24.2 Å². The van der Waals surface area contributed by atoms with Crippen molar-refractivity contribution in [3.63, 3.8) is 0 Å². The maximum atomic E-state index is 5.86. The summed E-state index contributed by atoms with van der Waals surface area (Å²) in [5.41, 5.74) is 7.79. The van der Waals surface area contributed by atoms with Crippen LogP contribution in [-0.2, 0) is 0 Å². The highest BCUT2D eigenvalue weighted by molar-refractivity contribution is 5.52. The molecule has 1 aromatic rings. The van der Waals surface area contributed by atoms with Crippen LogP contribution >= 0.6 is 0 Å². The summed E-state index contributed by atoms with van der Waals surface area (Å²) in [5.74, 6) is 5.00. The molecular formula is C17H25N3. The van der Waals surface area contributed by atoms with E-state index in [1.165, 1.54) is 44.3 Å². The first-order valence-electron chi connectivity index (χ1n) is 8.10. The first-order chi connectivity index (χ1) is 9.69. The summed E-state index contributed by atoms with van der Waals surface area (Å²) in [4.78, 5) is 6.59. The lowest BCUT2D eigenvalue weighted by Crippen LogP contribution is -2.48. The second-order valence-corrected chi connectivity index (χ2v) is 7.45. The number of hydrogen-bond donors (Lipinski definition) is 1. The maximum absolute atomic E-state index is 5.86. The Bertz CT molecular complexity index is 471. The normalized spacial score (nSPS) is 38.1. The van der Waals surface area contributed by atoms with Crippen molar-refractivity contribution >= 4 is 11.4 Å². The minimum Gasteiger partial charge on any atom is -0.397 e. The van der Waals surface area contributed by atoms with Gasteiger partial charge >= 0.3 is 0 Å². The van der Waals surface area contributed by atoms with E-state index in [0.717, 1.165) is 35.3 Å². The Morgan fingerprint density at radius 2 is 1.75 bits per heavy atom. The smallest absolute Gasteiger partial charge is 0.0570 e. The molecule has 0 unspecified atom stereocenters. The molecule has 4 fully saturated rings. The van der Waals surface area contributed by atoms with Crippen LogP contribution in [0.3, 0.4) is 0 Å². The number of rotatable bonds is 3. The molecule has 0 spiro atoms. The van der Waals surface area contributed by atoms with Gasteiger partial charge in [-0.2, -0.15) is 0 Å². The monoisotopic (exact) mass is 271 g/mol. The van der Waals surface area contributed by atoms with Crippen molar-refractivity contribution in [1.82, 2.24) is 4.98 Å². The van der Waals surface area contributed by atoms with Gasteiger partial charge in [0.2, 0.25) is 0 Å². The van der Waals surface area contributed by atoms with E-state index in [9.17, 15) is 0 Å². The van der Waals surface area contributed by atoms with Crippen LogP contribution in [0, 0.1) is 29.6 Å². The highest BCUT2D eigenvalue weighted by Crippen LogP contribution is 2.56. The number of aromatic nitrogens is 1. The quantitative estimate of drug-likeness (QED) is 0.918. The molecule has 4 aliphatic rings. The SMILES string of the molecule is CN(CC1C2CC3CC(C2)CC1C3)c1cncc(N)c1. The van der Waals surface area contributed by atoms with Crippen molar-refractivity contribution in [2.24, 2.45) is 29.6 Å². The molecule has 108 valence electrons. The summed E-state index contributed by atoms with van der Waals surface area (Å²) in [6.07, 6.45) is 11.2. The zero-order chi connectivity index (χ0) is 13.7. The van der Waals surface area contributed by atoms with E-state index in [4.69, 9.17) is 5.73 Å². The number of pyridine rings is 1. The molecule has 3 heteroatoms. The lowest BCUT2D eigenvalue weighted by molar-refractivity contribution is -0.0325. The highest BCUT2D eigenvalue weighted by atomic mass is 15.1. The standard InChI is InChI=1S/C17H25N3/c1-20(16-7-15(18)8-19-9-16)10-17-13-3-11-2-12(5-13)6-14(17)4-11/h7-9,11-14,17H,2-6,10,18H2,1H3. The molecule has 0 aliphatic heterocycles. The average molecular weight is 271 g/mol. The predicted octanol–water partition coefficient (Wildman–Crippen LogP) is 3.17. The largest absolute Gasteiger partial charge is 0.397 e. The molecule has 4 saturated carbocycles. The average Bonchev–Trinajstić information content (AvgIpc) is 2.42. The highest BCUT2D eigenvalue weighted by Gasteiger charge is 2.48. The van der Waals surface area contributed by atoms with Gasteiger partial charge in [0, 0.05) is 19.8 Å². The lowest BCUT2D eigenvalue weighted by atomic mass is 9.52. The fourth-order valence-corrected chi connectivity index (χ4v) is 5.41. The predicted molar refractivity (Wildman–Crippen MR) is 82.5 cm³/mol. The molecule has 3 nitrogen and oxygen atoms in total. The molecule has 2 N–H and O–H groups in total. The molecule has 5 rings (SSSR count). The van der Waals surface area contributed by atoms with Gasteiger partial charge < -0.3 is 10.6 Å². The third-order valence-corrected chi connectivity index (χ3v) is 6.09. The van der Waals surface area contributed by atoms with Gasteiger partial charge in [-0.25, -0.2) is 0 Å². The number of nitrogens with zero attached hydrogens (tertiary/aromatic N) is 2. The molecule has 0 aromatic carbocycles. The number of nitrogens with two attached hydrogens (primary N) is 1. The Morgan fingerprint density at radius 3 is 2.35 bits per heavy atom. The molecule has 4 aliphatic carbocycles. The van der Waals surface area contributed by atoms with E-state index < -0.39 is 0 Å². The number of nitrogen functional groups attached to an aromatic ring is 1. The number of hydrogen-bond acceptors (Lipinski definition) is 3. The van der Waals surface area contributed by atoms with Crippen LogP contribution in [0.5, 0.6) is 0 Å². The first kappa shape index (κ1) is 12.5. The Hall–Kier alpha value is -1.25. The number of anilines is 2. The third kappa shape index (κ3) is 2.07. The van der Waals surface area contributed by atoms with Gasteiger partial charge in [0.15, 0.2) is 0 Å². The zero-order valence-corrected chi connectivity index (χ0v) is 12.3. The minimum atomic E-state index is 0.763. The van der Waals surface area contributed by atoms with Gasteiger partial charge in [-0.15, -0.1) is 0 Å². The van der Waals surface area contributed by atoms with Gasteiger partial charge in [-0.05, 0) is 67.8 Å². The van der Waals surface area contributed by atoms with Crippen molar-refractivity contribution in [1.29, 1.82) is 0 Å². The van der Waals surface area contributed by atoms with E-state index in [-0.39, 0.29) is 0 Å². The van der Waals surface area contributed by atoms with Gasteiger partial charge in [0.05, 0.1) is 17.6 Å². The van der Waals surface area contributed by atoms with Crippen molar-refractivity contribution < 1.29 is 0 Å². The Labute approximate surface area is 121 Å². The summed E-state index contributed by atoms with van der Waals surface area (Å²) in [7, 11) is 2.20. The Balaban J connectivity index is 1.49. The van der Waals surface area contributed by atoms with Gasteiger partial charge in [-0.1, -0.05) is 0 Å². The molecule has 1 aromatic heterocycles. The van der Waals surface area contributed by atoms with Crippen molar-refractivity contribution in [3.8, 4) is 0 Å². The van der Waals surface area contributed by atoms with Crippen LogP contribution < -0.4 is 10.6 Å². The Kier molecular flexibility index (Phi) is 2.90. The van der Waals surface area contributed by atoms with Crippen molar-refractivity contribution in [3.05, 3.63) is 18.5 Å². The molecule has 0 radical (unpaired) electrons.